The number of carbonyl (C=O) groups is 2. The van der Waals surface area contributed by atoms with Gasteiger partial charge in [0.1, 0.15) is 0 Å². The van der Waals surface area contributed by atoms with Crippen molar-refractivity contribution in [2.24, 2.45) is 4.99 Å². The third-order valence-corrected chi connectivity index (χ3v) is 5.14. The van der Waals surface area contributed by atoms with Crippen molar-refractivity contribution in [2.45, 2.75) is 33.7 Å². The van der Waals surface area contributed by atoms with E-state index in [2.05, 4.69) is 11.1 Å². The van der Waals surface area contributed by atoms with Crippen LogP contribution in [0, 0.1) is 13.8 Å². The number of fused-ring (bicyclic) bond motifs is 1. The SMILES string of the molecule is CCOC(=O)C1=C(C)N=C2SCC(=O)N2C1c1ccc(C)cc1C. The second kappa shape index (κ2) is 6.43. The first-order valence-corrected chi connectivity index (χ1v) is 8.91. The first-order chi connectivity index (χ1) is 11.4. The van der Waals surface area contributed by atoms with E-state index in [1.54, 1.807) is 18.7 Å². The Kier molecular flexibility index (Phi) is 4.49. The number of aliphatic imine (C=N–C) groups is 1. The number of ether oxygens (including phenoxy) is 1. The molecule has 0 saturated carbocycles. The van der Waals surface area contributed by atoms with E-state index in [4.69, 9.17) is 4.74 Å². The van der Waals surface area contributed by atoms with Gasteiger partial charge in [-0.1, -0.05) is 35.5 Å². The number of carbonyl (C=O) groups excluding carboxylic acids is 2. The highest BCUT2D eigenvalue weighted by atomic mass is 32.2. The Hall–Kier alpha value is -2.08. The van der Waals surface area contributed by atoms with E-state index < -0.39 is 12.0 Å². The molecule has 2 heterocycles. The molecule has 1 amide bonds. The summed E-state index contributed by atoms with van der Waals surface area (Å²) in [4.78, 5) is 31.1. The van der Waals surface area contributed by atoms with Crippen molar-refractivity contribution in [3.63, 3.8) is 0 Å². The Morgan fingerprint density at radius 1 is 1.38 bits per heavy atom. The maximum atomic E-state index is 12.6. The lowest BCUT2D eigenvalue weighted by Crippen LogP contribution is -2.40. The van der Waals surface area contributed by atoms with Crippen molar-refractivity contribution in [3.8, 4) is 0 Å². The van der Waals surface area contributed by atoms with E-state index in [1.165, 1.54) is 11.8 Å². The lowest BCUT2D eigenvalue weighted by molar-refractivity contribution is -0.139. The highest BCUT2D eigenvalue weighted by Gasteiger charge is 2.43. The Labute approximate surface area is 145 Å². The quantitative estimate of drug-likeness (QED) is 0.791. The number of benzene rings is 1. The smallest absolute Gasteiger partial charge is 0.338 e. The van der Waals surface area contributed by atoms with Crippen LogP contribution in [0.15, 0.2) is 34.5 Å². The van der Waals surface area contributed by atoms with E-state index in [0.29, 0.717) is 22.2 Å². The number of esters is 1. The molecule has 1 aromatic rings. The van der Waals surface area contributed by atoms with Crippen molar-refractivity contribution < 1.29 is 14.3 Å². The summed E-state index contributed by atoms with van der Waals surface area (Å²) in [6.45, 7) is 7.88. The summed E-state index contributed by atoms with van der Waals surface area (Å²) in [7, 11) is 0. The number of rotatable bonds is 3. The van der Waals surface area contributed by atoms with Gasteiger partial charge in [-0.05, 0) is 38.8 Å². The monoisotopic (exact) mass is 344 g/mol. The number of thioether (sulfide) groups is 1. The molecule has 0 radical (unpaired) electrons. The lowest BCUT2D eigenvalue weighted by atomic mass is 9.90. The first kappa shape index (κ1) is 16.8. The lowest BCUT2D eigenvalue weighted by Gasteiger charge is -2.33. The standard InChI is InChI=1S/C18H20N2O3S/c1-5-23-17(22)15-12(4)19-18-20(14(21)9-24-18)16(15)13-7-6-10(2)8-11(13)3/h6-8,16H,5,9H2,1-4H3. The topological polar surface area (TPSA) is 59.0 Å². The summed E-state index contributed by atoms with van der Waals surface area (Å²) in [6, 6.07) is 5.58. The van der Waals surface area contributed by atoms with Crippen LogP contribution in [0.5, 0.6) is 0 Å². The summed E-state index contributed by atoms with van der Waals surface area (Å²) >= 11 is 1.41. The average Bonchev–Trinajstić information content (AvgIpc) is 2.87. The van der Waals surface area contributed by atoms with Gasteiger partial charge >= 0.3 is 5.97 Å². The van der Waals surface area contributed by atoms with Gasteiger partial charge in [0.2, 0.25) is 5.91 Å². The van der Waals surface area contributed by atoms with Crippen molar-refractivity contribution in [2.75, 3.05) is 12.4 Å². The summed E-state index contributed by atoms with van der Waals surface area (Å²) in [6.07, 6.45) is 0. The minimum Gasteiger partial charge on any atom is -0.463 e. The van der Waals surface area contributed by atoms with E-state index in [-0.39, 0.29) is 12.5 Å². The fourth-order valence-corrected chi connectivity index (χ4v) is 4.08. The molecule has 5 nitrogen and oxygen atoms in total. The Balaban J connectivity index is 2.18. The Morgan fingerprint density at radius 2 is 2.12 bits per heavy atom. The van der Waals surface area contributed by atoms with Crippen LogP contribution in [0.3, 0.4) is 0 Å². The van der Waals surface area contributed by atoms with Gasteiger partial charge in [0, 0.05) is 0 Å². The zero-order valence-corrected chi connectivity index (χ0v) is 15.1. The second-order valence-electron chi connectivity index (χ2n) is 5.93. The molecule has 2 aliphatic heterocycles. The van der Waals surface area contributed by atoms with Gasteiger partial charge in [0.05, 0.1) is 29.7 Å². The van der Waals surface area contributed by atoms with Crippen LogP contribution in [-0.4, -0.2) is 34.3 Å². The molecule has 2 aliphatic rings. The number of aryl methyl sites for hydroxylation is 2. The largest absolute Gasteiger partial charge is 0.463 e. The molecule has 0 aliphatic carbocycles. The molecule has 0 spiro atoms. The van der Waals surface area contributed by atoms with Gasteiger partial charge in [-0.25, -0.2) is 9.79 Å². The fraction of sp³-hybridized carbons (Fsp3) is 0.389. The van der Waals surface area contributed by atoms with Gasteiger partial charge in [-0.2, -0.15) is 0 Å². The summed E-state index contributed by atoms with van der Waals surface area (Å²) in [5, 5.41) is 0.663. The van der Waals surface area contributed by atoms with E-state index in [0.717, 1.165) is 16.7 Å². The van der Waals surface area contributed by atoms with E-state index >= 15 is 0 Å². The maximum absolute atomic E-state index is 12.6. The predicted molar refractivity (Wildman–Crippen MR) is 94.7 cm³/mol. The minimum atomic E-state index is -0.473. The zero-order chi connectivity index (χ0) is 17.4. The average molecular weight is 344 g/mol. The summed E-state index contributed by atoms with van der Waals surface area (Å²) in [5.74, 6) is -0.0885. The number of allylic oxidation sites excluding steroid dienone is 1. The highest BCUT2D eigenvalue weighted by molar-refractivity contribution is 8.15. The minimum absolute atomic E-state index is 0.0296. The number of hydrogen-bond acceptors (Lipinski definition) is 5. The molecule has 1 saturated heterocycles. The first-order valence-electron chi connectivity index (χ1n) is 7.92. The normalized spacial score (nSPS) is 20.2. The molecule has 0 bridgehead atoms. The van der Waals surface area contributed by atoms with Gasteiger partial charge in [-0.15, -0.1) is 0 Å². The van der Waals surface area contributed by atoms with Gasteiger partial charge in [-0.3, -0.25) is 9.69 Å². The predicted octanol–water partition coefficient (Wildman–Crippen LogP) is 3.13. The van der Waals surface area contributed by atoms with Gasteiger partial charge in [0.25, 0.3) is 0 Å². The second-order valence-corrected chi connectivity index (χ2v) is 6.87. The third-order valence-electron chi connectivity index (χ3n) is 4.20. The number of nitrogens with zero attached hydrogens (tertiary/aromatic N) is 2. The van der Waals surface area contributed by atoms with Crippen LogP contribution in [0.25, 0.3) is 0 Å². The van der Waals surface area contributed by atoms with Gasteiger partial charge in [0.15, 0.2) is 5.17 Å². The van der Waals surface area contributed by atoms with Gasteiger partial charge < -0.3 is 4.74 Å². The molecular formula is C18H20N2O3S. The molecule has 0 N–H and O–H groups in total. The van der Waals surface area contributed by atoms with Crippen LogP contribution in [0.4, 0.5) is 0 Å². The van der Waals surface area contributed by atoms with Crippen molar-refractivity contribution in [3.05, 3.63) is 46.2 Å². The Bertz CT molecular complexity index is 782. The fourth-order valence-electron chi connectivity index (χ4n) is 3.14. The Morgan fingerprint density at radius 3 is 2.79 bits per heavy atom. The molecule has 0 aromatic heterocycles. The van der Waals surface area contributed by atoms with Crippen molar-refractivity contribution >= 4 is 28.8 Å². The molecule has 24 heavy (non-hydrogen) atoms. The number of hydrogen-bond donors (Lipinski definition) is 0. The summed E-state index contributed by atoms with van der Waals surface area (Å²) in [5.41, 5.74) is 4.18. The molecule has 3 rings (SSSR count). The van der Waals surface area contributed by atoms with Crippen LogP contribution >= 0.6 is 11.8 Å². The molecule has 6 heteroatoms. The molecule has 1 atom stereocenters. The zero-order valence-electron chi connectivity index (χ0n) is 14.3. The molecule has 126 valence electrons. The van der Waals surface area contributed by atoms with E-state index in [1.807, 2.05) is 26.0 Å². The summed E-state index contributed by atoms with van der Waals surface area (Å²) < 4.78 is 5.24. The van der Waals surface area contributed by atoms with Crippen LogP contribution in [0.1, 0.15) is 36.6 Å². The van der Waals surface area contributed by atoms with E-state index in [9.17, 15) is 9.59 Å². The van der Waals surface area contributed by atoms with Crippen molar-refractivity contribution in [1.29, 1.82) is 0 Å². The van der Waals surface area contributed by atoms with Crippen LogP contribution < -0.4 is 0 Å². The molecular weight excluding hydrogens is 324 g/mol. The molecule has 1 aromatic carbocycles. The molecule has 1 fully saturated rings. The number of amides is 1. The molecule has 1 unspecified atom stereocenters. The van der Waals surface area contributed by atoms with Crippen molar-refractivity contribution in [1.82, 2.24) is 4.90 Å². The third kappa shape index (κ3) is 2.75. The number of amidine groups is 1. The highest BCUT2D eigenvalue weighted by Crippen LogP contribution is 2.42. The van der Waals surface area contributed by atoms with Crippen LogP contribution in [-0.2, 0) is 14.3 Å². The van der Waals surface area contributed by atoms with Crippen LogP contribution in [0.2, 0.25) is 0 Å². The maximum Gasteiger partial charge on any atom is 0.338 e.